The van der Waals surface area contributed by atoms with Crippen LogP contribution in [0, 0.1) is 6.92 Å². The van der Waals surface area contributed by atoms with Crippen LogP contribution in [0.1, 0.15) is 25.1 Å². The fraction of sp³-hybridized carbons (Fsp3) is 0.294. The molecule has 0 saturated heterocycles. The first kappa shape index (κ1) is 15.6. The molecule has 2 N–H and O–H groups in total. The molecule has 6 heteroatoms. The van der Waals surface area contributed by atoms with E-state index >= 15 is 0 Å². The largest absolute Gasteiger partial charge is 0.493 e. The van der Waals surface area contributed by atoms with E-state index in [0.29, 0.717) is 28.1 Å². The van der Waals surface area contributed by atoms with Crippen molar-refractivity contribution >= 4 is 28.2 Å². The number of aryl methyl sites for hydroxylation is 2. The molecule has 0 radical (unpaired) electrons. The van der Waals surface area contributed by atoms with Crippen LogP contribution in [0.25, 0.3) is 21.5 Å². The van der Waals surface area contributed by atoms with E-state index in [0.717, 1.165) is 23.4 Å². The maximum absolute atomic E-state index is 12.9. The first-order valence-corrected chi connectivity index (χ1v) is 8.37. The lowest BCUT2D eigenvalue weighted by Gasteiger charge is -2.11. The number of fused-ring (bicyclic) bond motifs is 1. The predicted octanol–water partition coefficient (Wildman–Crippen LogP) is 3.77. The highest BCUT2D eigenvalue weighted by molar-refractivity contribution is 7.13. The highest BCUT2D eigenvalue weighted by Crippen LogP contribution is 2.32. The highest BCUT2D eigenvalue weighted by atomic mass is 32.1. The summed E-state index contributed by atoms with van der Waals surface area (Å²) in [7, 11) is 0. The van der Waals surface area contributed by atoms with Crippen LogP contribution in [0.15, 0.2) is 26.7 Å². The number of nitrogens with zero attached hydrogens (tertiary/aromatic N) is 1. The van der Waals surface area contributed by atoms with E-state index in [-0.39, 0.29) is 11.3 Å². The highest BCUT2D eigenvalue weighted by Gasteiger charge is 2.18. The van der Waals surface area contributed by atoms with Crippen molar-refractivity contribution in [1.82, 2.24) is 4.98 Å². The molecule has 3 rings (SSSR count). The van der Waals surface area contributed by atoms with Gasteiger partial charge in [0.25, 0.3) is 0 Å². The number of ether oxygens (including phenoxy) is 1. The van der Waals surface area contributed by atoms with E-state index in [2.05, 4.69) is 4.98 Å². The molecule has 2 heterocycles. The third-order valence-electron chi connectivity index (χ3n) is 3.61. The monoisotopic (exact) mass is 330 g/mol. The molecule has 0 amide bonds. The zero-order valence-corrected chi connectivity index (χ0v) is 14.1. The summed E-state index contributed by atoms with van der Waals surface area (Å²) < 4.78 is 11.3. The second-order valence-corrected chi connectivity index (χ2v) is 6.07. The zero-order valence-electron chi connectivity index (χ0n) is 13.3. The third-order valence-corrected chi connectivity index (χ3v) is 4.59. The molecule has 0 aliphatic carbocycles. The lowest BCUT2D eigenvalue weighted by molar-refractivity contribution is 0.337. The Kier molecular flexibility index (Phi) is 4.09. The maximum Gasteiger partial charge on any atom is 0.205 e. The van der Waals surface area contributed by atoms with E-state index in [1.165, 1.54) is 11.3 Å². The number of anilines is 1. The molecule has 1 aromatic carbocycles. The number of thiazole rings is 1. The van der Waals surface area contributed by atoms with Crippen molar-refractivity contribution in [2.75, 3.05) is 12.3 Å². The number of benzene rings is 1. The average Bonchev–Trinajstić information content (AvgIpc) is 2.93. The van der Waals surface area contributed by atoms with E-state index in [4.69, 9.17) is 14.9 Å². The summed E-state index contributed by atoms with van der Waals surface area (Å²) in [6.45, 7) is 6.37. The molecule has 0 atom stereocenters. The van der Waals surface area contributed by atoms with Gasteiger partial charge in [0.05, 0.1) is 12.0 Å². The van der Waals surface area contributed by atoms with Crippen LogP contribution < -0.4 is 15.9 Å². The summed E-state index contributed by atoms with van der Waals surface area (Å²) >= 11 is 1.38. The van der Waals surface area contributed by atoms with Crippen LogP contribution in [0.4, 0.5) is 5.88 Å². The number of hydrogen-bond donors (Lipinski definition) is 1. The molecule has 23 heavy (non-hydrogen) atoms. The third kappa shape index (κ3) is 2.70. The Balaban J connectivity index is 2.30. The average molecular weight is 330 g/mol. The molecule has 0 bridgehead atoms. The fourth-order valence-corrected chi connectivity index (χ4v) is 3.36. The minimum absolute atomic E-state index is 0.0866. The Morgan fingerprint density at radius 2 is 2.13 bits per heavy atom. The second kappa shape index (κ2) is 6.04. The fourth-order valence-electron chi connectivity index (χ4n) is 2.52. The topological polar surface area (TPSA) is 78.3 Å². The van der Waals surface area contributed by atoms with Gasteiger partial charge in [-0.3, -0.25) is 4.79 Å². The lowest BCUT2D eigenvalue weighted by atomic mass is 10.1. The quantitative estimate of drug-likeness (QED) is 0.788. The Morgan fingerprint density at radius 3 is 2.74 bits per heavy atom. The first-order chi connectivity index (χ1) is 11.0. The van der Waals surface area contributed by atoms with Crippen molar-refractivity contribution in [2.45, 2.75) is 27.2 Å². The van der Waals surface area contributed by atoms with E-state index in [9.17, 15) is 4.79 Å². The van der Waals surface area contributed by atoms with Crippen molar-refractivity contribution < 1.29 is 9.15 Å². The van der Waals surface area contributed by atoms with Crippen molar-refractivity contribution in [3.8, 4) is 16.3 Å². The molecule has 0 unspecified atom stereocenters. The van der Waals surface area contributed by atoms with Crippen LogP contribution >= 0.6 is 11.3 Å². The van der Waals surface area contributed by atoms with Gasteiger partial charge in [-0.15, -0.1) is 11.3 Å². The molecule has 0 aliphatic rings. The number of nitrogen functional groups attached to an aromatic ring is 1. The summed E-state index contributed by atoms with van der Waals surface area (Å²) in [6, 6.07) is 3.57. The zero-order chi connectivity index (χ0) is 16.6. The summed E-state index contributed by atoms with van der Waals surface area (Å²) in [4.78, 5) is 17.2. The van der Waals surface area contributed by atoms with Crippen LogP contribution in [-0.2, 0) is 6.42 Å². The predicted molar refractivity (Wildman–Crippen MR) is 93.3 cm³/mol. The number of aromatic nitrogens is 1. The molecule has 5 nitrogen and oxygen atoms in total. The molecular formula is C17H18N2O3S. The Labute approximate surface area is 137 Å². The van der Waals surface area contributed by atoms with Gasteiger partial charge in [-0.25, -0.2) is 4.98 Å². The number of hydrogen-bond acceptors (Lipinski definition) is 6. The van der Waals surface area contributed by atoms with Crippen molar-refractivity contribution in [2.24, 2.45) is 0 Å². The van der Waals surface area contributed by atoms with E-state index < -0.39 is 0 Å². The Bertz CT molecular complexity index is 927. The summed E-state index contributed by atoms with van der Waals surface area (Å²) in [5, 5.41) is 2.97. The smallest absolute Gasteiger partial charge is 0.205 e. The normalized spacial score (nSPS) is 11.1. The van der Waals surface area contributed by atoms with Gasteiger partial charge >= 0.3 is 0 Å². The molecule has 0 aliphatic heterocycles. The summed E-state index contributed by atoms with van der Waals surface area (Å²) in [5.74, 6) is 0.812. The number of nitrogens with two attached hydrogens (primary N) is 1. The van der Waals surface area contributed by atoms with Crippen LogP contribution in [0.3, 0.4) is 0 Å². The summed E-state index contributed by atoms with van der Waals surface area (Å²) in [5.41, 5.74) is 8.42. The van der Waals surface area contributed by atoms with Crippen molar-refractivity contribution in [3.63, 3.8) is 0 Å². The first-order valence-electron chi connectivity index (χ1n) is 7.49. The van der Waals surface area contributed by atoms with Gasteiger partial charge in [-0.2, -0.15) is 0 Å². The van der Waals surface area contributed by atoms with Gasteiger partial charge in [0, 0.05) is 17.1 Å². The molecule has 0 spiro atoms. The van der Waals surface area contributed by atoms with Gasteiger partial charge in [-0.1, -0.05) is 6.92 Å². The molecule has 0 fully saturated rings. The van der Waals surface area contributed by atoms with E-state index in [1.54, 1.807) is 6.07 Å². The number of rotatable bonds is 4. The molecular weight excluding hydrogens is 312 g/mol. The standard InChI is InChI=1S/C17H18N2O3S/c1-4-10-6-11-13(7-12(10)21-5-2)22-16(18)14(15(11)20)17-19-9(3)8-23-17/h6-8H,4-5,18H2,1-3H3. The second-order valence-electron chi connectivity index (χ2n) is 5.21. The van der Waals surface area contributed by atoms with Crippen LogP contribution in [0.5, 0.6) is 5.75 Å². The maximum atomic E-state index is 12.9. The van der Waals surface area contributed by atoms with Crippen LogP contribution in [-0.4, -0.2) is 11.6 Å². The SMILES string of the molecule is CCOc1cc2oc(N)c(-c3nc(C)cs3)c(=O)c2cc1CC. The summed E-state index contributed by atoms with van der Waals surface area (Å²) in [6.07, 6.45) is 0.765. The lowest BCUT2D eigenvalue weighted by Crippen LogP contribution is -2.09. The van der Waals surface area contributed by atoms with Gasteiger partial charge in [-0.05, 0) is 31.9 Å². The molecule has 3 aromatic rings. The molecule has 120 valence electrons. The van der Waals surface area contributed by atoms with Gasteiger partial charge in [0.2, 0.25) is 11.3 Å². The Morgan fingerprint density at radius 1 is 1.35 bits per heavy atom. The minimum Gasteiger partial charge on any atom is -0.493 e. The Hall–Kier alpha value is -2.34. The van der Waals surface area contributed by atoms with Gasteiger partial charge < -0.3 is 14.9 Å². The van der Waals surface area contributed by atoms with Crippen molar-refractivity contribution in [1.29, 1.82) is 0 Å². The van der Waals surface area contributed by atoms with Gasteiger partial charge in [0.1, 0.15) is 21.9 Å². The van der Waals surface area contributed by atoms with Crippen molar-refractivity contribution in [3.05, 3.63) is 39.0 Å². The molecule has 0 saturated carbocycles. The molecule has 2 aromatic heterocycles. The minimum atomic E-state index is -0.157. The van der Waals surface area contributed by atoms with Crippen LogP contribution in [0.2, 0.25) is 0 Å². The van der Waals surface area contributed by atoms with Gasteiger partial charge in [0.15, 0.2) is 0 Å². The van der Waals surface area contributed by atoms with E-state index in [1.807, 2.05) is 32.2 Å².